The van der Waals surface area contributed by atoms with Crippen LogP contribution >= 0.6 is 0 Å². The largest absolute Gasteiger partial charge is 0.316 e. The Kier molecular flexibility index (Phi) is 4.18. The molecule has 2 unspecified atom stereocenters. The van der Waals surface area contributed by atoms with Gasteiger partial charge in [0.1, 0.15) is 0 Å². The van der Waals surface area contributed by atoms with Crippen molar-refractivity contribution in [3.8, 4) is 0 Å². The smallest absolute Gasteiger partial charge is 0.00204 e. The molecule has 0 amide bonds. The summed E-state index contributed by atoms with van der Waals surface area (Å²) in [5.74, 6) is 3.92. The highest BCUT2D eigenvalue weighted by Crippen LogP contribution is 2.44. The quantitative estimate of drug-likeness (QED) is 0.724. The van der Waals surface area contributed by atoms with E-state index in [0.717, 1.165) is 23.7 Å². The molecule has 1 saturated carbocycles. The molecule has 0 radical (unpaired) electrons. The van der Waals surface area contributed by atoms with Crippen molar-refractivity contribution in [2.75, 3.05) is 13.1 Å². The van der Waals surface area contributed by atoms with Crippen molar-refractivity contribution >= 4 is 0 Å². The van der Waals surface area contributed by atoms with Crippen molar-refractivity contribution < 1.29 is 0 Å². The third-order valence-corrected chi connectivity index (χ3v) is 5.45. The molecule has 2 rings (SSSR count). The van der Waals surface area contributed by atoms with E-state index < -0.39 is 0 Å². The lowest BCUT2D eigenvalue weighted by Crippen LogP contribution is -2.40. The highest BCUT2D eigenvalue weighted by atomic mass is 14.9. The molecule has 1 N–H and O–H groups in total. The van der Waals surface area contributed by atoms with Crippen LogP contribution in [-0.2, 0) is 0 Å². The Labute approximate surface area is 108 Å². The Balaban J connectivity index is 1.86. The Morgan fingerprint density at radius 1 is 0.941 bits per heavy atom. The van der Waals surface area contributed by atoms with Gasteiger partial charge >= 0.3 is 0 Å². The van der Waals surface area contributed by atoms with Crippen molar-refractivity contribution in [2.24, 2.45) is 29.1 Å². The summed E-state index contributed by atoms with van der Waals surface area (Å²) in [6.07, 6.45) is 7.37. The minimum absolute atomic E-state index is 0.532. The normalized spacial score (nSPS) is 40.2. The van der Waals surface area contributed by atoms with Gasteiger partial charge in [0.05, 0.1) is 0 Å². The second-order valence-electron chi connectivity index (χ2n) is 7.61. The molecular formula is C16H31N. The van der Waals surface area contributed by atoms with Gasteiger partial charge in [-0.2, -0.15) is 0 Å². The fourth-order valence-electron chi connectivity index (χ4n) is 4.15. The van der Waals surface area contributed by atoms with Crippen LogP contribution in [0.25, 0.3) is 0 Å². The average molecular weight is 237 g/mol. The predicted octanol–water partition coefficient (Wildman–Crippen LogP) is 4.08. The first-order valence-corrected chi connectivity index (χ1v) is 7.69. The van der Waals surface area contributed by atoms with Crippen molar-refractivity contribution in [2.45, 2.75) is 59.8 Å². The van der Waals surface area contributed by atoms with Crippen LogP contribution in [0.5, 0.6) is 0 Å². The van der Waals surface area contributed by atoms with Crippen LogP contribution in [0, 0.1) is 29.1 Å². The van der Waals surface area contributed by atoms with Crippen LogP contribution in [0.1, 0.15) is 59.8 Å². The molecule has 0 aromatic carbocycles. The maximum atomic E-state index is 3.54. The Morgan fingerprint density at radius 2 is 1.59 bits per heavy atom. The molecule has 1 saturated heterocycles. The third kappa shape index (κ3) is 3.24. The highest BCUT2D eigenvalue weighted by Gasteiger charge is 2.35. The molecule has 1 nitrogen and oxygen atoms in total. The van der Waals surface area contributed by atoms with Gasteiger partial charge in [0.2, 0.25) is 0 Å². The summed E-state index contributed by atoms with van der Waals surface area (Å²) in [6, 6.07) is 0. The summed E-state index contributed by atoms with van der Waals surface area (Å²) in [7, 11) is 0. The minimum atomic E-state index is 0.532. The number of hydrogen-bond donors (Lipinski definition) is 1. The number of nitrogens with one attached hydrogen (secondary N) is 1. The lowest BCUT2D eigenvalue weighted by atomic mass is 9.65. The Hall–Kier alpha value is -0.0400. The van der Waals surface area contributed by atoms with Gasteiger partial charge < -0.3 is 5.32 Å². The van der Waals surface area contributed by atoms with Crippen LogP contribution < -0.4 is 5.32 Å². The van der Waals surface area contributed by atoms with Gasteiger partial charge in [0.15, 0.2) is 0 Å². The molecule has 1 aliphatic carbocycles. The van der Waals surface area contributed by atoms with E-state index in [0.29, 0.717) is 5.41 Å². The summed E-state index contributed by atoms with van der Waals surface area (Å²) < 4.78 is 0. The number of hydrogen-bond acceptors (Lipinski definition) is 1. The lowest BCUT2D eigenvalue weighted by molar-refractivity contribution is 0.0908. The van der Waals surface area contributed by atoms with E-state index in [-0.39, 0.29) is 0 Å². The lowest BCUT2D eigenvalue weighted by Gasteiger charge is -2.42. The van der Waals surface area contributed by atoms with Gasteiger partial charge in [0.25, 0.3) is 0 Å². The molecule has 2 atom stereocenters. The first kappa shape index (κ1) is 13.4. The molecule has 0 bridgehead atoms. The summed E-state index contributed by atoms with van der Waals surface area (Å²) >= 11 is 0. The van der Waals surface area contributed by atoms with Crippen LogP contribution in [-0.4, -0.2) is 13.1 Å². The third-order valence-electron chi connectivity index (χ3n) is 5.45. The molecule has 1 heterocycles. The average Bonchev–Trinajstić information content (AvgIpc) is 2.29. The first-order valence-electron chi connectivity index (χ1n) is 7.69. The van der Waals surface area contributed by atoms with Gasteiger partial charge in [-0.3, -0.25) is 0 Å². The van der Waals surface area contributed by atoms with Crippen LogP contribution in [0.4, 0.5) is 0 Å². The molecule has 2 aliphatic rings. The van der Waals surface area contributed by atoms with E-state index in [1.165, 1.54) is 45.2 Å². The van der Waals surface area contributed by atoms with Crippen LogP contribution in [0.2, 0.25) is 0 Å². The van der Waals surface area contributed by atoms with Gasteiger partial charge in [-0.05, 0) is 74.3 Å². The highest BCUT2D eigenvalue weighted by molar-refractivity contribution is 4.86. The van der Waals surface area contributed by atoms with Gasteiger partial charge in [-0.1, -0.05) is 27.7 Å². The van der Waals surface area contributed by atoms with Crippen molar-refractivity contribution in [1.82, 2.24) is 5.32 Å². The van der Waals surface area contributed by atoms with E-state index in [9.17, 15) is 0 Å². The van der Waals surface area contributed by atoms with E-state index in [1.807, 2.05) is 0 Å². The summed E-state index contributed by atoms with van der Waals surface area (Å²) in [5.41, 5.74) is 0.532. The van der Waals surface area contributed by atoms with E-state index in [4.69, 9.17) is 0 Å². The number of rotatable bonds is 1. The molecule has 100 valence electrons. The second kappa shape index (κ2) is 5.30. The topological polar surface area (TPSA) is 12.0 Å². The zero-order chi connectivity index (χ0) is 12.5. The second-order valence-corrected chi connectivity index (χ2v) is 7.61. The van der Waals surface area contributed by atoms with Crippen molar-refractivity contribution in [1.29, 1.82) is 0 Å². The van der Waals surface area contributed by atoms with E-state index in [1.54, 1.807) is 0 Å². The molecular weight excluding hydrogens is 206 g/mol. The standard InChI is InChI=1S/C16H31N/c1-12-11-17-10-9-15(12)13-5-7-14(8-6-13)16(2,3)4/h12-15,17H,5-11H2,1-4H3. The fourth-order valence-corrected chi connectivity index (χ4v) is 4.15. The van der Waals surface area contributed by atoms with E-state index in [2.05, 4.69) is 33.0 Å². The molecule has 2 fully saturated rings. The van der Waals surface area contributed by atoms with E-state index >= 15 is 0 Å². The minimum Gasteiger partial charge on any atom is -0.316 e. The predicted molar refractivity (Wildman–Crippen MR) is 75.0 cm³/mol. The molecule has 1 aliphatic heterocycles. The zero-order valence-electron chi connectivity index (χ0n) is 12.3. The molecule has 0 aromatic rings. The summed E-state index contributed by atoms with van der Waals surface area (Å²) in [6.45, 7) is 12.2. The molecule has 0 aromatic heterocycles. The Morgan fingerprint density at radius 3 is 2.12 bits per heavy atom. The maximum absolute atomic E-state index is 3.54. The molecule has 1 heteroatoms. The van der Waals surface area contributed by atoms with Gasteiger partial charge in [-0.15, -0.1) is 0 Å². The Bertz CT molecular complexity index is 232. The fraction of sp³-hybridized carbons (Fsp3) is 1.00. The van der Waals surface area contributed by atoms with Crippen LogP contribution in [0.15, 0.2) is 0 Å². The summed E-state index contributed by atoms with van der Waals surface area (Å²) in [4.78, 5) is 0. The monoisotopic (exact) mass is 237 g/mol. The van der Waals surface area contributed by atoms with Crippen LogP contribution in [0.3, 0.4) is 0 Å². The van der Waals surface area contributed by atoms with Crippen molar-refractivity contribution in [3.05, 3.63) is 0 Å². The first-order chi connectivity index (χ1) is 7.98. The van der Waals surface area contributed by atoms with Crippen molar-refractivity contribution in [3.63, 3.8) is 0 Å². The van der Waals surface area contributed by atoms with Gasteiger partial charge in [0, 0.05) is 0 Å². The van der Waals surface area contributed by atoms with Gasteiger partial charge in [-0.25, -0.2) is 0 Å². The number of piperidine rings is 1. The zero-order valence-corrected chi connectivity index (χ0v) is 12.3. The SMILES string of the molecule is CC1CNCCC1C1CCC(C(C)(C)C)CC1. The molecule has 17 heavy (non-hydrogen) atoms. The summed E-state index contributed by atoms with van der Waals surface area (Å²) in [5, 5.41) is 3.54. The maximum Gasteiger partial charge on any atom is -0.00204 e. The molecule has 0 spiro atoms.